The van der Waals surface area contributed by atoms with E-state index in [9.17, 15) is 4.79 Å². The van der Waals surface area contributed by atoms with E-state index >= 15 is 0 Å². The molecule has 0 radical (unpaired) electrons. The second-order valence-electron chi connectivity index (χ2n) is 5.06. The van der Waals surface area contributed by atoms with Crippen molar-refractivity contribution in [2.75, 3.05) is 6.54 Å². The van der Waals surface area contributed by atoms with Crippen LogP contribution >= 0.6 is 11.8 Å². The molecule has 0 aliphatic carbocycles. The second kappa shape index (κ2) is 7.43. The van der Waals surface area contributed by atoms with Crippen molar-refractivity contribution in [3.05, 3.63) is 51.4 Å². The van der Waals surface area contributed by atoms with Crippen LogP contribution in [0.5, 0.6) is 0 Å². The van der Waals surface area contributed by atoms with Crippen LogP contribution in [0.4, 0.5) is 0 Å². The summed E-state index contributed by atoms with van der Waals surface area (Å²) in [4.78, 5) is 19.6. The van der Waals surface area contributed by atoms with Crippen LogP contribution in [-0.4, -0.2) is 16.5 Å². The van der Waals surface area contributed by atoms with E-state index in [0.717, 1.165) is 30.1 Å². The Hall–Kier alpha value is -1.59. The topological polar surface area (TPSA) is 57.8 Å². The predicted octanol–water partition coefficient (Wildman–Crippen LogP) is 3.04. The molecule has 1 aromatic heterocycles. The van der Waals surface area contributed by atoms with E-state index in [1.807, 2.05) is 6.92 Å². The van der Waals surface area contributed by atoms with Crippen molar-refractivity contribution in [2.45, 2.75) is 43.8 Å². The Balaban J connectivity index is 2.10. The van der Waals surface area contributed by atoms with Crippen LogP contribution in [0.15, 0.2) is 39.1 Å². The van der Waals surface area contributed by atoms with E-state index in [1.54, 1.807) is 0 Å². The molecule has 0 atom stereocenters. The third-order valence-corrected chi connectivity index (χ3v) is 4.00. The summed E-state index contributed by atoms with van der Waals surface area (Å²) in [7, 11) is 0. The zero-order valence-corrected chi connectivity index (χ0v) is 13.5. The van der Waals surface area contributed by atoms with Crippen LogP contribution in [-0.2, 0) is 6.54 Å². The van der Waals surface area contributed by atoms with Crippen LogP contribution in [0.1, 0.15) is 30.2 Å². The fourth-order valence-corrected chi connectivity index (χ4v) is 2.98. The Morgan fingerprint density at radius 3 is 2.76 bits per heavy atom. The zero-order chi connectivity index (χ0) is 15.2. The first-order valence-corrected chi connectivity index (χ1v) is 7.96. The minimum atomic E-state index is -0.109. The van der Waals surface area contributed by atoms with Crippen LogP contribution < -0.4 is 10.9 Å². The van der Waals surface area contributed by atoms with Crippen molar-refractivity contribution in [1.82, 2.24) is 15.3 Å². The maximum atomic E-state index is 11.5. The number of nitrogens with zero attached hydrogens (tertiary/aromatic N) is 1. The highest BCUT2D eigenvalue weighted by atomic mass is 32.2. The van der Waals surface area contributed by atoms with Gasteiger partial charge in [0.05, 0.1) is 0 Å². The van der Waals surface area contributed by atoms with Gasteiger partial charge in [0.25, 0.3) is 5.56 Å². The van der Waals surface area contributed by atoms with Crippen molar-refractivity contribution in [1.29, 1.82) is 0 Å². The van der Waals surface area contributed by atoms with Gasteiger partial charge in [-0.05, 0) is 50.1 Å². The molecule has 1 heterocycles. The lowest BCUT2D eigenvalue weighted by Gasteiger charge is -2.09. The number of nitrogens with one attached hydrogen (secondary N) is 2. The van der Waals surface area contributed by atoms with Gasteiger partial charge in [-0.2, -0.15) is 0 Å². The lowest BCUT2D eigenvalue weighted by atomic mass is 10.1. The number of H-pyrrole nitrogens is 1. The Labute approximate surface area is 129 Å². The van der Waals surface area contributed by atoms with Crippen LogP contribution in [0.25, 0.3) is 0 Å². The third kappa shape index (κ3) is 4.72. The van der Waals surface area contributed by atoms with Gasteiger partial charge in [0.2, 0.25) is 0 Å². The fraction of sp³-hybridized carbons (Fsp3) is 0.375. The van der Waals surface area contributed by atoms with Crippen molar-refractivity contribution in [3.8, 4) is 0 Å². The normalized spacial score (nSPS) is 10.8. The molecule has 0 amide bonds. The van der Waals surface area contributed by atoms with E-state index < -0.39 is 0 Å². The highest BCUT2D eigenvalue weighted by Gasteiger charge is 2.04. The Morgan fingerprint density at radius 1 is 1.29 bits per heavy atom. The Kier molecular flexibility index (Phi) is 5.59. The van der Waals surface area contributed by atoms with Crippen LogP contribution in [0, 0.1) is 13.8 Å². The highest BCUT2D eigenvalue weighted by Crippen LogP contribution is 2.26. The third-order valence-electron chi connectivity index (χ3n) is 3.12. The molecule has 4 nitrogen and oxygen atoms in total. The van der Waals surface area contributed by atoms with E-state index in [0.29, 0.717) is 5.16 Å². The number of benzene rings is 1. The minimum absolute atomic E-state index is 0.109. The summed E-state index contributed by atoms with van der Waals surface area (Å²) in [5.74, 6) is 0. The quantitative estimate of drug-likeness (QED) is 0.636. The number of rotatable bonds is 6. The summed E-state index contributed by atoms with van der Waals surface area (Å²) in [6, 6.07) is 7.84. The first-order valence-electron chi connectivity index (χ1n) is 7.14. The zero-order valence-electron chi connectivity index (χ0n) is 12.7. The summed E-state index contributed by atoms with van der Waals surface area (Å²) in [5.41, 5.74) is 3.18. The van der Waals surface area contributed by atoms with E-state index in [4.69, 9.17) is 0 Å². The van der Waals surface area contributed by atoms with Crippen molar-refractivity contribution >= 4 is 11.8 Å². The molecule has 0 bridgehead atoms. The molecule has 2 rings (SSSR count). The van der Waals surface area contributed by atoms with Gasteiger partial charge in [-0.3, -0.25) is 4.79 Å². The van der Waals surface area contributed by atoms with Gasteiger partial charge in [-0.25, -0.2) is 4.98 Å². The maximum absolute atomic E-state index is 11.5. The number of hydrogen-bond donors (Lipinski definition) is 2. The standard InChI is InChI=1S/C16H21N3OS/c1-4-7-17-10-13-5-6-14(8-11(13)2)21-16-18-12(3)9-15(20)19-16/h5-6,8-9,17H,4,7,10H2,1-3H3,(H,18,19,20). The summed E-state index contributed by atoms with van der Waals surface area (Å²) in [6.45, 7) is 8.02. The van der Waals surface area contributed by atoms with Crippen molar-refractivity contribution in [3.63, 3.8) is 0 Å². The Morgan fingerprint density at radius 2 is 2.10 bits per heavy atom. The molecule has 0 unspecified atom stereocenters. The summed E-state index contributed by atoms with van der Waals surface area (Å²) >= 11 is 1.48. The predicted molar refractivity (Wildman–Crippen MR) is 86.9 cm³/mol. The van der Waals surface area contributed by atoms with Gasteiger partial charge in [-0.1, -0.05) is 24.8 Å². The number of aromatic nitrogens is 2. The Bertz CT molecular complexity index is 667. The average molecular weight is 303 g/mol. The summed E-state index contributed by atoms with van der Waals surface area (Å²) < 4.78 is 0. The van der Waals surface area contributed by atoms with E-state index in [1.165, 1.54) is 29.0 Å². The smallest absolute Gasteiger partial charge is 0.251 e. The molecule has 21 heavy (non-hydrogen) atoms. The molecule has 0 aliphatic rings. The van der Waals surface area contributed by atoms with Crippen LogP contribution in [0.3, 0.4) is 0 Å². The average Bonchev–Trinajstić information content (AvgIpc) is 2.40. The van der Waals surface area contributed by atoms with Crippen LogP contribution in [0.2, 0.25) is 0 Å². The molecule has 0 fully saturated rings. The molecule has 0 saturated heterocycles. The maximum Gasteiger partial charge on any atom is 0.251 e. The van der Waals surface area contributed by atoms with E-state index in [2.05, 4.69) is 47.3 Å². The lowest BCUT2D eigenvalue weighted by Crippen LogP contribution is -2.14. The number of aryl methyl sites for hydroxylation is 2. The van der Waals surface area contributed by atoms with Gasteiger partial charge < -0.3 is 10.3 Å². The van der Waals surface area contributed by atoms with Gasteiger partial charge in [0.15, 0.2) is 5.16 Å². The summed E-state index contributed by atoms with van der Waals surface area (Å²) in [5, 5.41) is 4.05. The molecule has 0 spiro atoms. The van der Waals surface area contributed by atoms with Crippen molar-refractivity contribution < 1.29 is 0 Å². The van der Waals surface area contributed by atoms with Gasteiger partial charge in [0.1, 0.15) is 0 Å². The van der Waals surface area contributed by atoms with Gasteiger partial charge >= 0.3 is 0 Å². The SMILES string of the molecule is CCCNCc1ccc(Sc2nc(C)cc(=O)[nH]2)cc1C. The minimum Gasteiger partial charge on any atom is -0.313 e. The molecule has 0 aliphatic heterocycles. The first-order chi connectivity index (χ1) is 10.1. The second-order valence-corrected chi connectivity index (χ2v) is 6.12. The molecule has 112 valence electrons. The molecule has 1 aromatic carbocycles. The summed E-state index contributed by atoms with van der Waals surface area (Å²) in [6.07, 6.45) is 1.14. The molecule has 0 saturated carbocycles. The van der Waals surface area contributed by atoms with Crippen molar-refractivity contribution in [2.24, 2.45) is 0 Å². The first kappa shape index (κ1) is 15.8. The molecule has 2 aromatic rings. The molecular formula is C16H21N3OS. The number of aromatic amines is 1. The fourth-order valence-electron chi connectivity index (χ4n) is 2.04. The van der Waals surface area contributed by atoms with Gasteiger partial charge in [0, 0.05) is 23.2 Å². The molecule has 5 heteroatoms. The number of hydrogen-bond acceptors (Lipinski definition) is 4. The van der Waals surface area contributed by atoms with E-state index in [-0.39, 0.29) is 5.56 Å². The monoisotopic (exact) mass is 303 g/mol. The molecule has 2 N–H and O–H groups in total. The lowest BCUT2D eigenvalue weighted by molar-refractivity contribution is 0.673. The van der Waals surface area contributed by atoms with Gasteiger partial charge in [-0.15, -0.1) is 0 Å². The molecular weight excluding hydrogens is 282 g/mol. The largest absolute Gasteiger partial charge is 0.313 e. The highest BCUT2D eigenvalue weighted by molar-refractivity contribution is 7.99.